The van der Waals surface area contributed by atoms with Gasteiger partial charge in [-0.3, -0.25) is 14.5 Å². The van der Waals surface area contributed by atoms with E-state index in [1.165, 1.54) is 0 Å². The van der Waals surface area contributed by atoms with E-state index >= 15 is 0 Å². The molecule has 0 spiro atoms. The first-order chi connectivity index (χ1) is 13.6. The maximum atomic E-state index is 12.2. The molecule has 1 atom stereocenters. The number of anilines is 1. The van der Waals surface area contributed by atoms with E-state index in [1.807, 2.05) is 7.05 Å². The maximum Gasteiger partial charge on any atom is 0.250 e. The van der Waals surface area contributed by atoms with Gasteiger partial charge in [-0.1, -0.05) is 12.1 Å². The molecule has 0 saturated carbocycles. The Labute approximate surface area is 165 Å². The Hall–Kier alpha value is -2.42. The quantitative estimate of drug-likeness (QED) is 0.340. The number of nitrogens with one attached hydrogen (secondary N) is 2. The predicted molar refractivity (Wildman–Crippen MR) is 106 cm³/mol. The van der Waals surface area contributed by atoms with Gasteiger partial charge in [0.25, 0.3) is 0 Å². The van der Waals surface area contributed by atoms with Crippen LogP contribution in [-0.2, 0) is 25.7 Å². The molecule has 0 fully saturated rings. The van der Waals surface area contributed by atoms with Crippen LogP contribution in [0.4, 0.5) is 5.69 Å². The summed E-state index contributed by atoms with van der Waals surface area (Å²) in [6.07, 6.45) is 3.74. The largest absolute Gasteiger partial charge is 0.372 e. The van der Waals surface area contributed by atoms with Gasteiger partial charge in [-0.25, -0.2) is 0 Å². The van der Waals surface area contributed by atoms with Crippen LogP contribution < -0.4 is 10.6 Å². The van der Waals surface area contributed by atoms with Gasteiger partial charge in [0.1, 0.15) is 25.5 Å². The minimum Gasteiger partial charge on any atom is -0.372 e. The van der Waals surface area contributed by atoms with Gasteiger partial charge in [-0.15, -0.1) is 0 Å². The van der Waals surface area contributed by atoms with Crippen molar-refractivity contribution < 1.29 is 23.9 Å². The molecule has 2 N–H and O–H groups in total. The number of likely N-dealkylation sites (N-methyl/N-ethyl adjacent to an activating group) is 1. The number of hydrogen-bond acceptors (Lipinski definition) is 7. The fourth-order valence-electron chi connectivity index (χ4n) is 2.71. The molecule has 0 saturated heterocycles. The number of ether oxygens (including phenoxy) is 1. The van der Waals surface area contributed by atoms with Crippen molar-refractivity contribution in [2.24, 2.45) is 0 Å². The molecule has 1 amide bonds. The van der Waals surface area contributed by atoms with Gasteiger partial charge in [0, 0.05) is 36.4 Å². The van der Waals surface area contributed by atoms with Crippen LogP contribution in [0.3, 0.4) is 0 Å². The molecule has 1 aromatic carbocycles. The summed E-state index contributed by atoms with van der Waals surface area (Å²) in [6.45, 7) is 1.47. The van der Waals surface area contributed by atoms with E-state index < -0.39 is 6.04 Å². The van der Waals surface area contributed by atoms with Crippen molar-refractivity contribution in [2.45, 2.75) is 31.8 Å². The van der Waals surface area contributed by atoms with Crippen LogP contribution in [0.5, 0.6) is 0 Å². The van der Waals surface area contributed by atoms with Gasteiger partial charge in [0.15, 0.2) is 0 Å². The van der Waals surface area contributed by atoms with E-state index in [0.717, 1.165) is 25.5 Å². The molecule has 8 heteroatoms. The van der Waals surface area contributed by atoms with Gasteiger partial charge in [-0.05, 0) is 39.5 Å². The standard InChI is InChI=1S/C20H29N3O5/c1-21-9-5-11-28-15-20(27)22-19-8-3-6-16(13-25)18(19)12-23(2)17(14-26)7-4-10-24/h3,6,8,10,13-14,17,21H,4-5,7,9,11-12,15H2,1-2H3,(H,22,27). The van der Waals surface area contributed by atoms with Gasteiger partial charge >= 0.3 is 0 Å². The lowest BCUT2D eigenvalue weighted by Gasteiger charge is -2.25. The minimum absolute atomic E-state index is 0.0827. The Kier molecular flexibility index (Phi) is 11.6. The second-order valence-electron chi connectivity index (χ2n) is 6.41. The monoisotopic (exact) mass is 391 g/mol. The lowest BCUT2D eigenvalue weighted by atomic mass is 10.0. The van der Waals surface area contributed by atoms with Gasteiger partial charge in [-0.2, -0.15) is 0 Å². The number of carbonyl (C=O) groups excluding carboxylic acids is 4. The first kappa shape index (κ1) is 23.6. The number of rotatable bonds is 15. The predicted octanol–water partition coefficient (Wildman–Crippen LogP) is 1.04. The smallest absolute Gasteiger partial charge is 0.250 e. The summed E-state index contributed by atoms with van der Waals surface area (Å²) in [6, 6.07) is 4.59. The molecule has 1 aromatic rings. The van der Waals surface area contributed by atoms with Crippen LogP contribution in [0, 0.1) is 0 Å². The lowest BCUT2D eigenvalue weighted by Crippen LogP contribution is -2.33. The molecule has 8 nitrogen and oxygen atoms in total. The van der Waals surface area contributed by atoms with Crippen molar-refractivity contribution in [2.75, 3.05) is 39.2 Å². The van der Waals surface area contributed by atoms with Crippen LogP contribution in [0.25, 0.3) is 0 Å². The average Bonchev–Trinajstić information content (AvgIpc) is 2.69. The molecule has 0 aliphatic heterocycles. The molecule has 0 aliphatic rings. The summed E-state index contributed by atoms with van der Waals surface area (Å²) in [4.78, 5) is 47.3. The zero-order valence-corrected chi connectivity index (χ0v) is 16.5. The third-order valence-electron chi connectivity index (χ3n) is 4.27. The molecule has 0 aliphatic carbocycles. The van der Waals surface area contributed by atoms with E-state index in [4.69, 9.17) is 4.74 Å². The second-order valence-corrected chi connectivity index (χ2v) is 6.41. The molecular formula is C20H29N3O5. The average molecular weight is 391 g/mol. The number of nitrogens with zero attached hydrogens (tertiary/aromatic N) is 1. The van der Waals surface area contributed by atoms with Crippen LogP contribution in [0.15, 0.2) is 18.2 Å². The SMILES string of the molecule is CNCCCOCC(=O)Nc1cccc(C=O)c1CN(C)C(C=O)CCC=O. The van der Waals surface area contributed by atoms with Crippen LogP contribution >= 0.6 is 0 Å². The van der Waals surface area contributed by atoms with Crippen LogP contribution in [-0.4, -0.2) is 69.6 Å². The molecule has 1 unspecified atom stereocenters. The van der Waals surface area contributed by atoms with Gasteiger partial charge in [0.2, 0.25) is 5.91 Å². The maximum absolute atomic E-state index is 12.2. The van der Waals surface area contributed by atoms with E-state index in [-0.39, 0.29) is 25.5 Å². The normalized spacial score (nSPS) is 11.8. The Bertz CT molecular complexity index is 651. The molecule has 0 aromatic heterocycles. The van der Waals surface area contributed by atoms with Crippen molar-refractivity contribution >= 4 is 30.5 Å². The highest BCUT2D eigenvalue weighted by Crippen LogP contribution is 2.22. The summed E-state index contributed by atoms with van der Waals surface area (Å²) in [5.74, 6) is -0.315. The number of benzene rings is 1. The fraction of sp³-hybridized carbons (Fsp3) is 0.500. The third kappa shape index (κ3) is 8.08. The Morgan fingerprint density at radius 1 is 1.29 bits per heavy atom. The molecule has 0 heterocycles. The first-order valence-electron chi connectivity index (χ1n) is 9.25. The van der Waals surface area contributed by atoms with Gasteiger partial charge in [0.05, 0.1) is 6.04 Å². The number of amides is 1. The first-order valence-corrected chi connectivity index (χ1v) is 9.25. The van der Waals surface area contributed by atoms with Gasteiger partial charge < -0.3 is 25.0 Å². The van der Waals surface area contributed by atoms with Crippen LogP contribution in [0.1, 0.15) is 35.2 Å². The number of aldehydes is 3. The molecule has 0 bridgehead atoms. The Morgan fingerprint density at radius 3 is 2.71 bits per heavy atom. The minimum atomic E-state index is -0.455. The molecular weight excluding hydrogens is 362 g/mol. The van der Waals surface area contributed by atoms with E-state index in [2.05, 4.69) is 10.6 Å². The van der Waals surface area contributed by atoms with E-state index in [9.17, 15) is 19.2 Å². The molecule has 154 valence electrons. The summed E-state index contributed by atoms with van der Waals surface area (Å²) < 4.78 is 5.34. The molecule has 0 radical (unpaired) electrons. The van der Waals surface area contributed by atoms with Crippen molar-refractivity contribution in [3.05, 3.63) is 29.3 Å². The third-order valence-corrected chi connectivity index (χ3v) is 4.27. The summed E-state index contributed by atoms with van der Waals surface area (Å²) in [7, 11) is 3.58. The molecule has 1 rings (SSSR count). The number of carbonyl (C=O) groups is 4. The number of hydrogen-bond donors (Lipinski definition) is 2. The highest BCUT2D eigenvalue weighted by molar-refractivity contribution is 5.94. The lowest BCUT2D eigenvalue weighted by molar-refractivity contribution is -0.120. The fourth-order valence-corrected chi connectivity index (χ4v) is 2.71. The summed E-state index contributed by atoms with van der Waals surface area (Å²) in [5, 5.41) is 5.77. The van der Waals surface area contributed by atoms with E-state index in [1.54, 1.807) is 30.1 Å². The topological polar surface area (TPSA) is 105 Å². The zero-order chi connectivity index (χ0) is 20.8. The van der Waals surface area contributed by atoms with Crippen molar-refractivity contribution in [3.8, 4) is 0 Å². The highest BCUT2D eigenvalue weighted by Gasteiger charge is 2.18. The Balaban J connectivity index is 2.82. The van der Waals surface area contributed by atoms with Crippen molar-refractivity contribution in [1.29, 1.82) is 0 Å². The summed E-state index contributed by atoms with van der Waals surface area (Å²) in [5.41, 5.74) is 1.54. The van der Waals surface area contributed by atoms with Crippen LogP contribution in [0.2, 0.25) is 0 Å². The Morgan fingerprint density at radius 2 is 2.07 bits per heavy atom. The molecule has 28 heavy (non-hydrogen) atoms. The van der Waals surface area contributed by atoms with Crippen molar-refractivity contribution in [1.82, 2.24) is 10.2 Å². The zero-order valence-electron chi connectivity index (χ0n) is 16.5. The van der Waals surface area contributed by atoms with E-state index in [0.29, 0.717) is 36.1 Å². The van der Waals surface area contributed by atoms with Crippen molar-refractivity contribution in [3.63, 3.8) is 0 Å². The summed E-state index contributed by atoms with van der Waals surface area (Å²) >= 11 is 0. The highest BCUT2D eigenvalue weighted by atomic mass is 16.5. The second kappa shape index (κ2) is 13.7.